The lowest BCUT2D eigenvalue weighted by molar-refractivity contribution is -0.139. The molecule has 9 heteroatoms. The number of nitrogens with two attached hydrogens (primary N) is 1. The Kier molecular flexibility index (Phi) is 6.83. The van der Waals surface area contributed by atoms with E-state index in [1.807, 2.05) is 0 Å². The molecule has 0 fully saturated rings. The Morgan fingerprint density at radius 2 is 1.39 bits per heavy atom. The number of hydrogen-bond acceptors (Lipinski definition) is 7. The van der Waals surface area contributed by atoms with Crippen molar-refractivity contribution < 1.29 is 38.9 Å². The summed E-state index contributed by atoms with van der Waals surface area (Å²) in [7, 11) is 0. The quantitative estimate of drug-likeness (QED) is 0.453. The predicted molar refractivity (Wildman–Crippen MR) is 95.3 cm³/mol. The summed E-state index contributed by atoms with van der Waals surface area (Å²) in [6.07, 6.45) is -0.397. The average Bonchev–Trinajstić information content (AvgIpc) is 2.66. The summed E-state index contributed by atoms with van der Waals surface area (Å²) < 4.78 is 10.2. The number of carboxylic acid groups (broad SMARTS) is 2. The molecular weight excluding hydrogens is 370 g/mol. The van der Waals surface area contributed by atoms with Crippen molar-refractivity contribution in [2.75, 3.05) is 0 Å². The topological polar surface area (TPSA) is 153 Å². The van der Waals surface area contributed by atoms with E-state index in [-0.39, 0.29) is 35.5 Å². The molecular formula is C19H17NO8. The molecule has 0 saturated carbocycles. The van der Waals surface area contributed by atoms with Crippen molar-refractivity contribution >= 4 is 23.9 Å². The molecule has 2 aromatic carbocycles. The molecule has 146 valence electrons. The van der Waals surface area contributed by atoms with Crippen molar-refractivity contribution in [2.45, 2.75) is 18.9 Å². The number of benzene rings is 2. The van der Waals surface area contributed by atoms with Gasteiger partial charge >= 0.3 is 23.9 Å². The van der Waals surface area contributed by atoms with Crippen molar-refractivity contribution in [3.05, 3.63) is 59.7 Å². The molecule has 2 rings (SSSR count). The molecule has 9 nitrogen and oxygen atoms in total. The first kappa shape index (κ1) is 20.6. The summed E-state index contributed by atoms with van der Waals surface area (Å²) in [5, 5.41) is 17.9. The Balaban J connectivity index is 2.13. The summed E-state index contributed by atoms with van der Waals surface area (Å²) in [4.78, 5) is 46.3. The molecule has 2 aromatic rings. The molecule has 0 heterocycles. The first-order valence-electron chi connectivity index (χ1n) is 8.12. The molecule has 0 aliphatic carbocycles. The lowest BCUT2D eigenvalue weighted by Gasteiger charge is -2.11. The molecule has 0 spiro atoms. The van der Waals surface area contributed by atoms with Crippen LogP contribution in [0, 0.1) is 0 Å². The molecule has 0 aliphatic heterocycles. The number of rotatable bonds is 8. The van der Waals surface area contributed by atoms with Gasteiger partial charge in [0.15, 0.2) is 0 Å². The maximum absolute atomic E-state index is 12.4. The van der Waals surface area contributed by atoms with Crippen LogP contribution in [0.25, 0.3) is 0 Å². The van der Waals surface area contributed by atoms with E-state index in [0.29, 0.717) is 0 Å². The molecule has 0 bridgehead atoms. The average molecular weight is 387 g/mol. The lowest BCUT2D eigenvalue weighted by Crippen LogP contribution is -2.31. The lowest BCUT2D eigenvalue weighted by atomic mass is 10.1. The molecule has 0 saturated heterocycles. The van der Waals surface area contributed by atoms with Gasteiger partial charge in [-0.3, -0.25) is 9.59 Å². The minimum Gasteiger partial charge on any atom is -0.480 e. The first-order chi connectivity index (χ1) is 13.3. The minimum absolute atomic E-state index is 0.0985. The second kappa shape index (κ2) is 9.28. The van der Waals surface area contributed by atoms with E-state index < -0.39 is 29.9 Å². The van der Waals surface area contributed by atoms with Gasteiger partial charge in [0.05, 0.1) is 0 Å². The number of ether oxygens (including phenoxy) is 2. The Morgan fingerprint density at radius 1 is 0.857 bits per heavy atom. The van der Waals surface area contributed by atoms with Crippen LogP contribution < -0.4 is 15.2 Å². The Labute approximate surface area is 159 Å². The van der Waals surface area contributed by atoms with Gasteiger partial charge in [-0.2, -0.15) is 0 Å². The molecule has 1 atom stereocenters. The largest absolute Gasteiger partial charge is 0.480 e. The van der Waals surface area contributed by atoms with Gasteiger partial charge in [0.2, 0.25) is 0 Å². The van der Waals surface area contributed by atoms with Crippen molar-refractivity contribution in [1.82, 2.24) is 0 Å². The first-order valence-corrected chi connectivity index (χ1v) is 8.12. The molecule has 0 aliphatic rings. The standard InChI is InChI=1S/C19H17NO8/c20-13(18(24)25)9-10-16(21)27-15-8-4-2-6-12(15)19(26)28-14-7-3-1-5-11(14)17(22)23/h1-8,13H,9-10,20H2,(H,22,23)(H,24,25). The van der Waals surface area contributed by atoms with Crippen LogP contribution in [0.5, 0.6) is 11.5 Å². The summed E-state index contributed by atoms with van der Waals surface area (Å²) in [5.74, 6) is -4.46. The predicted octanol–water partition coefficient (Wildman–Crippen LogP) is 1.70. The summed E-state index contributed by atoms with van der Waals surface area (Å²) in [5.41, 5.74) is 5.03. The van der Waals surface area contributed by atoms with E-state index in [0.717, 1.165) is 0 Å². The fourth-order valence-electron chi connectivity index (χ4n) is 2.18. The van der Waals surface area contributed by atoms with Gasteiger partial charge in [-0.1, -0.05) is 24.3 Å². The number of aliphatic carboxylic acids is 1. The normalized spacial score (nSPS) is 11.3. The van der Waals surface area contributed by atoms with Crippen LogP contribution in [0.2, 0.25) is 0 Å². The Bertz CT molecular complexity index is 908. The van der Waals surface area contributed by atoms with E-state index in [1.165, 1.54) is 48.5 Å². The fraction of sp³-hybridized carbons (Fsp3) is 0.158. The number of esters is 2. The maximum atomic E-state index is 12.4. The van der Waals surface area contributed by atoms with Crippen LogP contribution in [0.1, 0.15) is 33.6 Å². The van der Waals surface area contributed by atoms with Gasteiger partial charge in [-0.25, -0.2) is 9.59 Å². The smallest absolute Gasteiger partial charge is 0.347 e. The number of carbonyl (C=O) groups excluding carboxylic acids is 2. The third-order valence-corrected chi connectivity index (χ3v) is 3.63. The van der Waals surface area contributed by atoms with Gasteiger partial charge in [0.1, 0.15) is 28.7 Å². The van der Waals surface area contributed by atoms with Gasteiger partial charge < -0.3 is 25.4 Å². The zero-order valence-electron chi connectivity index (χ0n) is 14.5. The Hall–Kier alpha value is -3.72. The van der Waals surface area contributed by atoms with Gasteiger partial charge in [0.25, 0.3) is 0 Å². The van der Waals surface area contributed by atoms with Crippen LogP contribution in [-0.4, -0.2) is 40.1 Å². The van der Waals surface area contributed by atoms with Gasteiger partial charge in [0, 0.05) is 6.42 Å². The number of hydrogen-bond donors (Lipinski definition) is 3. The van der Waals surface area contributed by atoms with Gasteiger partial charge in [-0.05, 0) is 30.7 Å². The van der Waals surface area contributed by atoms with Crippen LogP contribution in [0.4, 0.5) is 0 Å². The monoisotopic (exact) mass is 387 g/mol. The third kappa shape index (κ3) is 5.39. The number of carbonyl (C=O) groups is 4. The van der Waals surface area contributed by atoms with Crippen molar-refractivity contribution in [2.24, 2.45) is 5.73 Å². The van der Waals surface area contributed by atoms with Crippen molar-refractivity contribution in [3.8, 4) is 11.5 Å². The van der Waals surface area contributed by atoms with Gasteiger partial charge in [-0.15, -0.1) is 0 Å². The van der Waals surface area contributed by atoms with Crippen LogP contribution >= 0.6 is 0 Å². The molecule has 4 N–H and O–H groups in total. The zero-order chi connectivity index (χ0) is 20.7. The van der Waals surface area contributed by atoms with E-state index >= 15 is 0 Å². The fourth-order valence-corrected chi connectivity index (χ4v) is 2.18. The van der Waals surface area contributed by atoms with Crippen molar-refractivity contribution in [1.29, 1.82) is 0 Å². The molecule has 0 radical (unpaired) electrons. The van der Waals surface area contributed by atoms with E-state index in [2.05, 4.69) is 0 Å². The second-order valence-corrected chi connectivity index (χ2v) is 5.64. The highest BCUT2D eigenvalue weighted by Gasteiger charge is 2.20. The highest BCUT2D eigenvalue weighted by molar-refractivity contribution is 5.97. The number of carboxylic acids is 2. The molecule has 1 unspecified atom stereocenters. The van der Waals surface area contributed by atoms with Crippen molar-refractivity contribution in [3.63, 3.8) is 0 Å². The number of aromatic carboxylic acids is 1. The highest BCUT2D eigenvalue weighted by atomic mass is 16.6. The summed E-state index contributed by atoms with van der Waals surface area (Å²) in [6.45, 7) is 0. The van der Waals surface area contributed by atoms with Crippen LogP contribution in [0.15, 0.2) is 48.5 Å². The molecule has 0 aromatic heterocycles. The summed E-state index contributed by atoms with van der Waals surface area (Å²) >= 11 is 0. The second-order valence-electron chi connectivity index (χ2n) is 5.64. The Morgan fingerprint density at radius 3 is 1.96 bits per heavy atom. The zero-order valence-corrected chi connectivity index (χ0v) is 14.5. The van der Waals surface area contributed by atoms with E-state index in [9.17, 15) is 19.2 Å². The molecule has 28 heavy (non-hydrogen) atoms. The molecule has 0 amide bonds. The maximum Gasteiger partial charge on any atom is 0.347 e. The van der Waals surface area contributed by atoms with Crippen LogP contribution in [-0.2, 0) is 9.59 Å². The number of para-hydroxylation sites is 2. The minimum atomic E-state index is -1.27. The van der Waals surface area contributed by atoms with E-state index in [1.54, 1.807) is 0 Å². The van der Waals surface area contributed by atoms with E-state index in [4.69, 9.17) is 25.4 Å². The highest BCUT2D eigenvalue weighted by Crippen LogP contribution is 2.24. The third-order valence-electron chi connectivity index (χ3n) is 3.63. The SMILES string of the molecule is NC(CCC(=O)Oc1ccccc1C(=O)Oc1ccccc1C(=O)O)C(=O)O. The van der Waals surface area contributed by atoms with Crippen LogP contribution in [0.3, 0.4) is 0 Å². The summed E-state index contributed by atoms with van der Waals surface area (Å²) in [6, 6.07) is 10.1.